The molecule has 0 saturated carbocycles. The van der Waals surface area contributed by atoms with Gasteiger partial charge in [-0.2, -0.15) is 0 Å². The van der Waals surface area contributed by atoms with Crippen molar-refractivity contribution in [1.29, 1.82) is 0 Å². The van der Waals surface area contributed by atoms with E-state index in [0.29, 0.717) is 18.8 Å². The lowest BCUT2D eigenvalue weighted by atomic mass is 10.2. The zero-order valence-corrected chi connectivity index (χ0v) is 21.9. The van der Waals surface area contributed by atoms with Gasteiger partial charge in [0.05, 0.1) is 25.0 Å². The number of likely N-dealkylation sites (N-methyl/N-ethyl adjacent to an activating group) is 2. The lowest BCUT2D eigenvalue weighted by Gasteiger charge is -2.36. The molecule has 2 saturated heterocycles. The normalized spacial score (nSPS) is 17.2. The molecule has 3 aromatic rings. The Bertz CT molecular complexity index is 1400. The van der Waals surface area contributed by atoms with E-state index >= 15 is 0 Å². The number of methoxy groups -OCH3 is 1. The van der Waals surface area contributed by atoms with E-state index in [-0.39, 0.29) is 36.1 Å². The lowest BCUT2D eigenvalue weighted by Crippen LogP contribution is -2.49. The Kier molecular flexibility index (Phi) is 7.30. The average molecular weight is 521 g/mol. The molecule has 0 radical (unpaired) electrons. The first kappa shape index (κ1) is 25.7. The number of hydrogen-bond donors (Lipinski definition) is 0. The molecule has 0 aliphatic carbocycles. The van der Waals surface area contributed by atoms with Crippen molar-refractivity contribution in [3.8, 4) is 5.75 Å². The number of aromatic nitrogens is 2. The van der Waals surface area contributed by atoms with Gasteiger partial charge in [0.1, 0.15) is 6.61 Å². The topological polar surface area (TPSA) is 99.9 Å². The highest BCUT2D eigenvalue weighted by atomic mass is 16.5. The summed E-state index contributed by atoms with van der Waals surface area (Å²) >= 11 is 0. The van der Waals surface area contributed by atoms with Crippen molar-refractivity contribution in [1.82, 2.24) is 19.2 Å². The van der Waals surface area contributed by atoms with Crippen molar-refractivity contribution in [2.75, 3.05) is 76.8 Å². The van der Waals surface area contributed by atoms with E-state index in [1.165, 1.54) is 11.5 Å². The second-order valence-corrected chi connectivity index (χ2v) is 9.71. The number of hydrogen-bond acceptors (Lipinski definition) is 9. The van der Waals surface area contributed by atoms with Crippen LogP contribution in [0.4, 0.5) is 11.4 Å². The second kappa shape index (κ2) is 10.8. The number of ether oxygens (including phenoxy) is 2. The number of fused-ring (bicyclic) bond motifs is 1. The number of nitrogens with zero attached hydrogens (tertiary/aromatic N) is 6. The van der Waals surface area contributed by atoms with Gasteiger partial charge in [-0.05, 0) is 25.7 Å². The number of pyridine rings is 1. The highest BCUT2D eigenvalue weighted by molar-refractivity contribution is 6.00. The van der Waals surface area contributed by atoms with Crippen molar-refractivity contribution in [2.24, 2.45) is 0 Å². The summed E-state index contributed by atoms with van der Waals surface area (Å²) in [6, 6.07) is 11.2. The van der Waals surface area contributed by atoms with Gasteiger partial charge in [0.15, 0.2) is 11.3 Å². The third kappa shape index (κ3) is 5.07. The van der Waals surface area contributed by atoms with E-state index in [9.17, 15) is 14.4 Å². The largest absolute Gasteiger partial charge is 0.481 e. The lowest BCUT2D eigenvalue weighted by molar-refractivity contribution is -0.120. The molecule has 11 nitrogen and oxygen atoms in total. The zero-order valence-electron chi connectivity index (χ0n) is 21.9. The number of carbonyl (C=O) groups is 2. The molecule has 1 aromatic carbocycles. The Hall–Kier alpha value is -3.96. The van der Waals surface area contributed by atoms with Crippen LogP contribution in [0.3, 0.4) is 0 Å². The molecule has 0 N–H and O–H groups in total. The van der Waals surface area contributed by atoms with Gasteiger partial charge in [0.25, 0.3) is 0 Å². The molecular weight excluding hydrogens is 488 g/mol. The number of esters is 1. The first-order valence-electron chi connectivity index (χ1n) is 12.6. The van der Waals surface area contributed by atoms with Crippen LogP contribution < -0.4 is 20.1 Å². The van der Waals surface area contributed by atoms with E-state index in [1.54, 1.807) is 11.1 Å². The highest BCUT2D eigenvalue weighted by Gasteiger charge is 2.29. The van der Waals surface area contributed by atoms with Crippen molar-refractivity contribution >= 4 is 28.9 Å². The molecule has 5 rings (SSSR count). The number of rotatable bonds is 6. The highest BCUT2D eigenvalue weighted by Crippen LogP contribution is 2.30. The summed E-state index contributed by atoms with van der Waals surface area (Å²) < 4.78 is 12.2. The maximum atomic E-state index is 13.9. The molecule has 1 amide bonds. The minimum Gasteiger partial charge on any atom is -0.481 e. The summed E-state index contributed by atoms with van der Waals surface area (Å²) in [7, 11) is 5.20. The van der Waals surface area contributed by atoms with Crippen molar-refractivity contribution < 1.29 is 19.1 Å². The SMILES string of the molecule is COC(=O)c1nc2c(N3CCN(C)CC3=O)cc(N3CCN(C)CC3)cn2c(=O)c1OCc1ccccc1. The van der Waals surface area contributed by atoms with Crippen LogP contribution >= 0.6 is 0 Å². The van der Waals surface area contributed by atoms with Gasteiger partial charge < -0.3 is 24.2 Å². The molecule has 2 aliphatic rings. The van der Waals surface area contributed by atoms with Gasteiger partial charge in [-0.25, -0.2) is 9.78 Å². The van der Waals surface area contributed by atoms with Gasteiger partial charge in [0, 0.05) is 45.5 Å². The van der Waals surface area contributed by atoms with Crippen LogP contribution in [-0.2, 0) is 16.1 Å². The number of carbonyl (C=O) groups excluding carboxylic acids is 2. The Morgan fingerprint density at radius 2 is 1.68 bits per heavy atom. The Labute approximate surface area is 220 Å². The van der Waals surface area contributed by atoms with E-state index in [4.69, 9.17) is 9.47 Å². The van der Waals surface area contributed by atoms with Crippen molar-refractivity contribution in [3.05, 3.63) is 64.2 Å². The predicted octanol–water partition coefficient (Wildman–Crippen LogP) is 1.09. The maximum absolute atomic E-state index is 13.9. The molecule has 0 spiro atoms. The summed E-state index contributed by atoms with van der Waals surface area (Å²) in [6.45, 7) is 4.74. The van der Waals surface area contributed by atoms with E-state index in [0.717, 1.165) is 37.4 Å². The fraction of sp³-hybridized carbons (Fsp3) is 0.407. The van der Waals surface area contributed by atoms with Crippen LogP contribution in [-0.4, -0.2) is 98.1 Å². The molecule has 0 bridgehead atoms. The quantitative estimate of drug-likeness (QED) is 0.442. The van der Waals surface area contributed by atoms with E-state index in [1.807, 2.05) is 48.3 Å². The molecule has 2 aliphatic heterocycles. The van der Waals surface area contributed by atoms with Crippen LogP contribution in [0.2, 0.25) is 0 Å². The van der Waals surface area contributed by atoms with Gasteiger partial charge in [-0.15, -0.1) is 0 Å². The fourth-order valence-electron chi connectivity index (χ4n) is 4.77. The van der Waals surface area contributed by atoms with Crippen molar-refractivity contribution in [2.45, 2.75) is 6.61 Å². The van der Waals surface area contributed by atoms with Gasteiger partial charge in [0.2, 0.25) is 11.7 Å². The minimum absolute atomic E-state index is 0.0791. The van der Waals surface area contributed by atoms with Crippen LogP contribution in [0.15, 0.2) is 47.4 Å². The van der Waals surface area contributed by atoms with Gasteiger partial charge in [-0.1, -0.05) is 30.3 Å². The minimum atomic E-state index is -0.786. The molecular formula is C27H32N6O5. The summed E-state index contributed by atoms with van der Waals surface area (Å²) in [5, 5.41) is 0. The van der Waals surface area contributed by atoms with Gasteiger partial charge >= 0.3 is 11.5 Å². The monoisotopic (exact) mass is 520 g/mol. The Morgan fingerprint density at radius 1 is 0.974 bits per heavy atom. The van der Waals surface area contributed by atoms with Gasteiger partial charge in [-0.3, -0.25) is 18.9 Å². The smallest absolute Gasteiger partial charge is 0.360 e. The standard InChI is InChI=1S/C27H32N6O5/c1-29-9-12-31(13-10-29)20-15-21(32-14-11-30(2)17-22(32)34)25-28-23(27(36)37-3)24(26(35)33(25)16-20)38-18-19-7-5-4-6-8-19/h4-8,15-16H,9-14,17-18H2,1-3H3. The predicted molar refractivity (Wildman–Crippen MR) is 143 cm³/mol. The maximum Gasteiger partial charge on any atom is 0.360 e. The second-order valence-electron chi connectivity index (χ2n) is 9.71. The third-order valence-electron chi connectivity index (χ3n) is 7.02. The molecule has 0 atom stereocenters. The molecule has 2 fully saturated rings. The number of anilines is 2. The molecule has 200 valence electrons. The summed E-state index contributed by atoms with van der Waals surface area (Å²) in [4.78, 5) is 52.4. The van der Waals surface area contributed by atoms with E-state index < -0.39 is 11.5 Å². The molecule has 4 heterocycles. The average Bonchev–Trinajstić information content (AvgIpc) is 2.92. The number of piperazine rings is 2. The van der Waals surface area contributed by atoms with Crippen LogP contribution in [0.5, 0.6) is 5.75 Å². The summed E-state index contributed by atoms with van der Waals surface area (Å²) in [5.74, 6) is -1.08. The van der Waals surface area contributed by atoms with E-state index in [2.05, 4.69) is 21.8 Å². The number of benzene rings is 1. The molecule has 38 heavy (non-hydrogen) atoms. The first-order chi connectivity index (χ1) is 18.4. The van der Waals surface area contributed by atoms with Crippen LogP contribution in [0, 0.1) is 0 Å². The van der Waals surface area contributed by atoms with Crippen molar-refractivity contribution in [3.63, 3.8) is 0 Å². The Balaban J connectivity index is 1.67. The summed E-state index contributed by atoms with van der Waals surface area (Å²) in [6.07, 6.45) is 1.72. The molecule has 0 unspecified atom stereocenters. The third-order valence-corrected chi connectivity index (χ3v) is 7.02. The zero-order chi connectivity index (χ0) is 26.8. The summed E-state index contributed by atoms with van der Waals surface area (Å²) in [5.41, 5.74) is 1.57. The Morgan fingerprint density at radius 3 is 2.37 bits per heavy atom. The molecule has 2 aromatic heterocycles. The molecule has 11 heteroatoms. The first-order valence-corrected chi connectivity index (χ1v) is 12.6. The number of amides is 1. The fourth-order valence-corrected chi connectivity index (χ4v) is 4.77. The van der Waals surface area contributed by atoms with Crippen LogP contribution in [0.1, 0.15) is 16.1 Å². The van der Waals surface area contributed by atoms with Crippen LogP contribution in [0.25, 0.3) is 5.65 Å².